The van der Waals surface area contributed by atoms with Crippen molar-refractivity contribution in [3.05, 3.63) is 23.8 Å². The number of allylic oxidation sites excluding steroid dienone is 2. The summed E-state index contributed by atoms with van der Waals surface area (Å²) in [6.07, 6.45) is 2.47. The van der Waals surface area contributed by atoms with Crippen LogP contribution in [0.1, 0.15) is 27.2 Å². The predicted octanol–water partition coefficient (Wildman–Crippen LogP) is 2.62. The highest BCUT2D eigenvalue weighted by Gasteiger charge is 2.15. The molecule has 0 aromatic carbocycles. The van der Waals surface area contributed by atoms with Crippen LogP contribution in [-0.4, -0.2) is 11.1 Å². The van der Waals surface area contributed by atoms with Gasteiger partial charge < -0.3 is 5.11 Å². The summed E-state index contributed by atoms with van der Waals surface area (Å²) in [4.78, 5) is 10.7. The van der Waals surface area contributed by atoms with Gasteiger partial charge in [0.05, 0.1) is 5.92 Å². The Kier molecular flexibility index (Phi) is 4.34. The molecule has 0 radical (unpaired) electrons. The molecule has 0 aliphatic rings. The first kappa shape index (κ1) is 11.0. The number of carbonyl (C=O) groups is 1. The minimum atomic E-state index is -0.792. The topological polar surface area (TPSA) is 37.3 Å². The fourth-order valence-electron chi connectivity index (χ4n) is 0.866. The second kappa shape index (κ2) is 4.75. The smallest absolute Gasteiger partial charge is 0.310 e. The van der Waals surface area contributed by atoms with Crippen molar-refractivity contribution < 1.29 is 9.90 Å². The van der Waals surface area contributed by atoms with E-state index in [4.69, 9.17) is 5.11 Å². The number of hydrogen-bond donors (Lipinski definition) is 1. The average molecular weight is 168 g/mol. The highest BCUT2D eigenvalue weighted by molar-refractivity contribution is 5.73. The molecule has 0 unspecified atom stereocenters. The first-order valence-electron chi connectivity index (χ1n) is 3.96. The van der Waals surface area contributed by atoms with Gasteiger partial charge in [0.15, 0.2) is 0 Å². The van der Waals surface area contributed by atoms with Crippen LogP contribution in [0.25, 0.3) is 0 Å². The molecule has 0 aliphatic carbocycles. The minimum absolute atomic E-state index is 0.431. The van der Waals surface area contributed by atoms with E-state index in [0.29, 0.717) is 12.0 Å². The lowest BCUT2D eigenvalue weighted by Crippen LogP contribution is -2.13. The van der Waals surface area contributed by atoms with Crippen molar-refractivity contribution in [2.24, 2.45) is 5.92 Å². The summed E-state index contributed by atoms with van der Waals surface area (Å²) in [5, 5.41) is 8.77. The van der Waals surface area contributed by atoms with E-state index < -0.39 is 11.9 Å². The maximum atomic E-state index is 10.7. The Morgan fingerprint density at radius 3 is 2.25 bits per heavy atom. The molecule has 68 valence electrons. The average Bonchev–Trinajstić information content (AvgIpc) is 1.84. The third kappa shape index (κ3) is 3.96. The molecule has 12 heavy (non-hydrogen) atoms. The summed E-state index contributed by atoms with van der Waals surface area (Å²) in [6.45, 7) is 9.30. The normalized spacial score (nSPS) is 11.9. The Bertz CT molecular complexity index is 196. The molecule has 0 aromatic rings. The molecule has 0 spiro atoms. The monoisotopic (exact) mass is 168 g/mol. The molecule has 1 atom stereocenters. The maximum absolute atomic E-state index is 10.7. The van der Waals surface area contributed by atoms with Crippen LogP contribution in [0.4, 0.5) is 0 Å². The predicted molar refractivity (Wildman–Crippen MR) is 50.0 cm³/mol. The van der Waals surface area contributed by atoms with Crippen molar-refractivity contribution in [3.8, 4) is 0 Å². The molecule has 0 aromatic heterocycles. The first-order chi connectivity index (χ1) is 5.45. The van der Waals surface area contributed by atoms with Crippen molar-refractivity contribution in [1.29, 1.82) is 0 Å². The van der Waals surface area contributed by atoms with E-state index in [1.165, 1.54) is 0 Å². The number of carboxylic acids is 1. The van der Waals surface area contributed by atoms with E-state index in [2.05, 4.69) is 6.58 Å². The van der Waals surface area contributed by atoms with Crippen molar-refractivity contribution in [2.45, 2.75) is 27.2 Å². The fraction of sp³-hybridized carbons (Fsp3) is 0.500. The summed E-state index contributed by atoms with van der Waals surface area (Å²) in [6, 6.07) is 0. The van der Waals surface area contributed by atoms with Gasteiger partial charge in [-0.2, -0.15) is 0 Å². The molecule has 0 fully saturated rings. The standard InChI is InChI=1S/C10H16O2/c1-7(2)5-6-9(8(3)4)10(11)12/h5,9H,3,6H2,1-2,4H3,(H,11,12)/t9-/m1/s1. The molecule has 0 saturated heterocycles. The van der Waals surface area contributed by atoms with Gasteiger partial charge in [-0.05, 0) is 27.2 Å². The first-order valence-corrected chi connectivity index (χ1v) is 3.96. The van der Waals surface area contributed by atoms with Crippen molar-refractivity contribution in [3.63, 3.8) is 0 Å². The maximum Gasteiger partial charge on any atom is 0.310 e. The van der Waals surface area contributed by atoms with Crippen molar-refractivity contribution in [1.82, 2.24) is 0 Å². The summed E-state index contributed by atoms with van der Waals surface area (Å²) < 4.78 is 0. The zero-order chi connectivity index (χ0) is 9.72. The molecule has 0 saturated carbocycles. The lowest BCUT2D eigenvalue weighted by molar-refractivity contribution is -0.140. The van der Waals surface area contributed by atoms with E-state index >= 15 is 0 Å². The molecule has 0 amide bonds. The molecular formula is C10H16O2. The van der Waals surface area contributed by atoms with Crippen molar-refractivity contribution in [2.75, 3.05) is 0 Å². The second-order valence-corrected chi connectivity index (χ2v) is 3.25. The van der Waals surface area contributed by atoms with E-state index in [0.717, 1.165) is 5.57 Å². The quantitative estimate of drug-likeness (QED) is 0.655. The van der Waals surface area contributed by atoms with Crippen LogP contribution >= 0.6 is 0 Å². The van der Waals surface area contributed by atoms with Gasteiger partial charge in [0.2, 0.25) is 0 Å². The third-order valence-corrected chi connectivity index (χ3v) is 1.65. The molecule has 2 nitrogen and oxygen atoms in total. The van der Waals surface area contributed by atoms with Gasteiger partial charge in [-0.25, -0.2) is 0 Å². The summed E-state index contributed by atoms with van der Waals surface area (Å²) in [5.41, 5.74) is 1.85. The zero-order valence-corrected chi connectivity index (χ0v) is 7.92. The van der Waals surface area contributed by atoms with Crippen LogP contribution in [0.15, 0.2) is 23.8 Å². The Morgan fingerprint density at radius 2 is 2.00 bits per heavy atom. The van der Waals surface area contributed by atoms with Crippen LogP contribution in [0.2, 0.25) is 0 Å². The lowest BCUT2D eigenvalue weighted by atomic mass is 9.97. The number of aliphatic carboxylic acids is 1. The molecular weight excluding hydrogens is 152 g/mol. The number of carboxylic acid groups (broad SMARTS) is 1. The molecule has 0 heterocycles. The highest BCUT2D eigenvalue weighted by atomic mass is 16.4. The van der Waals surface area contributed by atoms with E-state index in [-0.39, 0.29) is 0 Å². The van der Waals surface area contributed by atoms with Gasteiger partial charge in [0.25, 0.3) is 0 Å². The van der Waals surface area contributed by atoms with Crippen LogP contribution in [0.5, 0.6) is 0 Å². The molecule has 2 heteroatoms. The highest BCUT2D eigenvalue weighted by Crippen LogP contribution is 2.14. The van der Waals surface area contributed by atoms with E-state index in [1.807, 2.05) is 19.9 Å². The van der Waals surface area contributed by atoms with Gasteiger partial charge in [0.1, 0.15) is 0 Å². The zero-order valence-electron chi connectivity index (χ0n) is 7.92. The lowest BCUT2D eigenvalue weighted by Gasteiger charge is -2.08. The Morgan fingerprint density at radius 1 is 1.50 bits per heavy atom. The van der Waals surface area contributed by atoms with Crippen LogP contribution in [-0.2, 0) is 4.79 Å². The van der Waals surface area contributed by atoms with Crippen LogP contribution in [0, 0.1) is 5.92 Å². The Hall–Kier alpha value is -1.05. The van der Waals surface area contributed by atoms with Gasteiger partial charge in [-0.1, -0.05) is 23.8 Å². The minimum Gasteiger partial charge on any atom is -0.481 e. The molecule has 0 aliphatic heterocycles. The van der Waals surface area contributed by atoms with E-state index in [1.54, 1.807) is 6.92 Å². The molecule has 0 rings (SSSR count). The fourth-order valence-corrected chi connectivity index (χ4v) is 0.866. The number of hydrogen-bond acceptors (Lipinski definition) is 1. The number of rotatable bonds is 4. The largest absolute Gasteiger partial charge is 0.481 e. The second-order valence-electron chi connectivity index (χ2n) is 3.25. The summed E-state index contributed by atoms with van der Waals surface area (Å²) in [5.74, 6) is -1.22. The van der Waals surface area contributed by atoms with Crippen LogP contribution in [0.3, 0.4) is 0 Å². The van der Waals surface area contributed by atoms with Gasteiger partial charge in [-0.3, -0.25) is 4.79 Å². The van der Waals surface area contributed by atoms with Crippen LogP contribution < -0.4 is 0 Å². The third-order valence-electron chi connectivity index (χ3n) is 1.65. The molecule has 0 bridgehead atoms. The summed E-state index contributed by atoms with van der Waals surface area (Å²) >= 11 is 0. The molecule has 1 N–H and O–H groups in total. The van der Waals surface area contributed by atoms with Gasteiger partial charge >= 0.3 is 5.97 Å². The van der Waals surface area contributed by atoms with Gasteiger partial charge in [-0.15, -0.1) is 0 Å². The Labute approximate surface area is 73.6 Å². The summed E-state index contributed by atoms with van der Waals surface area (Å²) in [7, 11) is 0. The van der Waals surface area contributed by atoms with Gasteiger partial charge in [0, 0.05) is 0 Å². The van der Waals surface area contributed by atoms with E-state index in [9.17, 15) is 4.79 Å². The Balaban J connectivity index is 4.25. The van der Waals surface area contributed by atoms with Crippen molar-refractivity contribution >= 4 is 5.97 Å². The SMILES string of the molecule is C=C(C)[C@@H](CC=C(C)C)C(=O)O.